The van der Waals surface area contributed by atoms with Crippen molar-refractivity contribution in [2.75, 3.05) is 6.54 Å². The molecule has 0 bridgehead atoms. The molecule has 0 aliphatic carbocycles. The zero-order valence-corrected chi connectivity index (χ0v) is 10.2. The smallest absolute Gasteiger partial charge is 0.405 e. The van der Waals surface area contributed by atoms with Crippen LogP contribution in [0.15, 0.2) is 24.3 Å². The highest BCUT2D eigenvalue weighted by Crippen LogP contribution is 2.29. The number of hydrogen-bond donors (Lipinski definition) is 0. The van der Waals surface area contributed by atoms with Crippen LogP contribution in [0.4, 0.5) is 13.2 Å². The van der Waals surface area contributed by atoms with Gasteiger partial charge in [-0.3, -0.25) is 4.90 Å². The quantitative estimate of drug-likeness (QED) is 0.822. The summed E-state index contributed by atoms with van der Waals surface area (Å²) in [4.78, 5) is 2.18. The maximum absolute atomic E-state index is 12.3. The summed E-state index contributed by atoms with van der Waals surface area (Å²) in [6.45, 7) is 3.54. The summed E-state index contributed by atoms with van der Waals surface area (Å²) >= 11 is 0. The first-order valence-electron chi connectivity index (χ1n) is 6.03. The van der Waals surface area contributed by atoms with E-state index in [1.807, 2.05) is 0 Å². The summed E-state index contributed by atoms with van der Waals surface area (Å²) in [5.74, 6) is -0.0934. The molecule has 1 aliphatic heterocycles. The molecule has 1 unspecified atom stereocenters. The maximum atomic E-state index is 12.3. The van der Waals surface area contributed by atoms with Crippen LogP contribution in [-0.4, -0.2) is 23.8 Å². The Morgan fingerprint density at radius 2 is 2.06 bits per heavy atom. The van der Waals surface area contributed by atoms with Gasteiger partial charge in [-0.1, -0.05) is 18.2 Å². The molecule has 5 heteroatoms. The molecule has 2 nitrogen and oxygen atoms in total. The molecule has 0 spiro atoms. The SMILES string of the molecule is CC1CCCN1Cc1ccccc1OC(F)(F)F. The van der Waals surface area contributed by atoms with Crippen molar-refractivity contribution in [1.82, 2.24) is 4.90 Å². The first-order chi connectivity index (χ1) is 8.46. The van der Waals surface area contributed by atoms with E-state index < -0.39 is 6.36 Å². The topological polar surface area (TPSA) is 12.5 Å². The number of alkyl halides is 3. The fraction of sp³-hybridized carbons (Fsp3) is 0.538. The van der Waals surface area contributed by atoms with Gasteiger partial charge in [0, 0.05) is 18.2 Å². The maximum Gasteiger partial charge on any atom is 0.573 e. The molecule has 0 amide bonds. The first kappa shape index (κ1) is 13.2. The van der Waals surface area contributed by atoms with E-state index >= 15 is 0 Å². The number of para-hydroxylation sites is 1. The minimum atomic E-state index is -4.63. The van der Waals surface area contributed by atoms with Gasteiger partial charge in [-0.05, 0) is 32.4 Å². The summed E-state index contributed by atoms with van der Waals surface area (Å²) in [5, 5.41) is 0. The molecule has 1 saturated heterocycles. The molecule has 1 fully saturated rings. The molecule has 0 radical (unpaired) electrons. The highest BCUT2D eigenvalue weighted by Gasteiger charge is 2.32. The Morgan fingerprint density at radius 1 is 1.33 bits per heavy atom. The second-order valence-electron chi connectivity index (χ2n) is 4.62. The van der Waals surface area contributed by atoms with Crippen LogP contribution in [-0.2, 0) is 6.54 Å². The molecule has 0 saturated carbocycles. The molecule has 0 aromatic heterocycles. The second kappa shape index (κ2) is 5.18. The highest BCUT2D eigenvalue weighted by molar-refractivity contribution is 5.33. The van der Waals surface area contributed by atoms with Gasteiger partial charge in [0.25, 0.3) is 0 Å². The van der Waals surface area contributed by atoms with Crippen LogP contribution in [0.1, 0.15) is 25.3 Å². The minimum absolute atomic E-state index is 0.0934. The molecular formula is C13H16F3NO. The van der Waals surface area contributed by atoms with Gasteiger partial charge >= 0.3 is 6.36 Å². The molecule has 18 heavy (non-hydrogen) atoms. The Balaban J connectivity index is 2.12. The van der Waals surface area contributed by atoms with Gasteiger partial charge in [-0.25, -0.2) is 0 Å². The van der Waals surface area contributed by atoms with Gasteiger partial charge in [0.2, 0.25) is 0 Å². The van der Waals surface area contributed by atoms with E-state index in [4.69, 9.17) is 0 Å². The summed E-state index contributed by atoms with van der Waals surface area (Å²) in [5.41, 5.74) is 0.587. The Labute approximate surface area is 104 Å². The Hall–Kier alpha value is -1.23. The summed E-state index contributed by atoms with van der Waals surface area (Å²) in [6, 6.07) is 6.76. The molecule has 100 valence electrons. The lowest BCUT2D eigenvalue weighted by Gasteiger charge is -2.22. The van der Waals surface area contributed by atoms with Gasteiger partial charge in [0.05, 0.1) is 0 Å². The lowest BCUT2D eigenvalue weighted by atomic mass is 10.1. The van der Waals surface area contributed by atoms with Crippen LogP contribution in [0.2, 0.25) is 0 Å². The number of likely N-dealkylation sites (tertiary alicyclic amines) is 1. The number of hydrogen-bond acceptors (Lipinski definition) is 2. The Kier molecular flexibility index (Phi) is 3.80. The van der Waals surface area contributed by atoms with E-state index in [-0.39, 0.29) is 5.75 Å². The lowest BCUT2D eigenvalue weighted by molar-refractivity contribution is -0.275. The van der Waals surface area contributed by atoms with Crippen molar-refractivity contribution < 1.29 is 17.9 Å². The van der Waals surface area contributed by atoms with Gasteiger partial charge in [-0.2, -0.15) is 0 Å². The van der Waals surface area contributed by atoms with Crippen molar-refractivity contribution in [3.63, 3.8) is 0 Å². The van der Waals surface area contributed by atoms with E-state index in [1.165, 1.54) is 6.07 Å². The van der Waals surface area contributed by atoms with Crippen LogP contribution in [0.25, 0.3) is 0 Å². The molecule has 1 aliphatic rings. The van der Waals surface area contributed by atoms with Gasteiger partial charge < -0.3 is 4.74 Å². The largest absolute Gasteiger partial charge is 0.573 e. The minimum Gasteiger partial charge on any atom is -0.405 e. The Morgan fingerprint density at radius 3 is 2.67 bits per heavy atom. The molecule has 0 N–H and O–H groups in total. The van der Waals surface area contributed by atoms with Gasteiger partial charge in [-0.15, -0.1) is 13.2 Å². The third kappa shape index (κ3) is 3.38. The van der Waals surface area contributed by atoms with Gasteiger partial charge in [0.15, 0.2) is 0 Å². The summed E-state index contributed by atoms with van der Waals surface area (Å²) in [7, 11) is 0. The fourth-order valence-corrected chi connectivity index (χ4v) is 2.31. The average molecular weight is 259 g/mol. The van der Waals surface area contributed by atoms with Crippen molar-refractivity contribution in [2.24, 2.45) is 0 Å². The second-order valence-corrected chi connectivity index (χ2v) is 4.62. The highest BCUT2D eigenvalue weighted by atomic mass is 19.4. The van der Waals surface area contributed by atoms with Crippen LogP contribution < -0.4 is 4.74 Å². The van der Waals surface area contributed by atoms with Crippen molar-refractivity contribution in [3.8, 4) is 5.75 Å². The van der Waals surface area contributed by atoms with E-state index in [9.17, 15) is 13.2 Å². The van der Waals surface area contributed by atoms with Crippen molar-refractivity contribution >= 4 is 0 Å². The normalized spacial score (nSPS) is 21.2. The van der Waals surface area contributed by atoms with Crippen molar-refractivity contribution in [3.05, 3.63) is 29.8 Å². The van der Waals surface area contributed by atoms with E-state index in [2.05, 4.69) is 16.6 Å². The number of ether oxygens (including phenoxy) is 1. The van der Waals surface area contributed by atoms with Crippen LogP contribution >= 0.6 is 0 Å². The van der Waals surface area contributed by atoms with Crippen molar-refractivity contribution in [1.29, 1.82) is 0 Å². The van der Waals surface area contributed by atoms with Crippen LogP contribution in [0, 0.1) is 0 Å². The Bertz CT molecular complexity index is 405. The van der Waals surface area contributed by atoms with E-state index in [0.29, 0.717) is 18.2 Å². The first-order valence-corrected chi connectivity index (χ1v) is 6.03. The van der Waals surface area contributed by atoms with Gasteiger partial charge in [0.1, 0.15) is 5.75 Å². The monoisotopic (exact) mass is 259 g/mol. The van der Waals surface area contributed by atoms with E-state index in [1.54, 1.807) is 18.2 Å². The fourth-order valence-electron chi connectivity index (χ4n) is 2.31. The zero-order valence-electron chi connectivity index (χ0n) is 10.2. The standard InChI is InChI=1S/C13H16F3NO/c1-10-5-4-8-17(10)9-11-6-2-3-7-12(11)18-13(14,15)16/h2-3,6-7,10H,4-5,8-9H2,1H3. The summed E-state index contributed by atoms with van der Waals surface area (Å²) in [6.07, 6.45) is -2.43. The van der Waals surface area contributed by atoms with Crippen LogP contribution in [0.3, 0.4) is 0 Å². The van der Waals surface area contributed by atoms with Crippen LogP contribution in [0.5, 0.6) is 5.75 Å². The summed E-state index contributed by atoms with van der Waals surface area (Å²) < 4.78 is 40.9. The molecule has 1 heterocycles. The number of benzene rings is 1. The molecule has 1 atom stereocenters. The van der Waals surface area contributed by atoms with Crippen molar-refractivity contribution in [2.45, 2.75) is 38.7 Å². The number of halogens is 3. The van der Waals surface area contributed by atoms with E-state index in [0.717, 1.165) is 19.4 Å². The predicted molar refractivity (Wildman–Crippen MR) is 62.2 cm³/mol. The number of rotatable bonds is 3. The molecule has 1 aromatic rings. The third-order valence-electron chi connectivity index (χ3n) is 3.26. The number of nitrogens with zero attached hydrogens (tertiary/aromatic N) is 1. The average Bonchev–Trinajstić information content (AvgIpc) is 2.65. The molecule has 2 rings (SSSR count). The predicted octanol–water partition coefficient (Wildman–Crippen LogP) is 3.57. The molecule has 1 aromatic carbocycles. The zero-order chi connectivity index (χ0) is 13.2. The molecular weight excluding hydrogens is 243 g/mol. The third-order valence-corrected chi connectivity index (χ3v) is 3.26. The lowest BCUT2D eigenvalue weighted by Crippen LogP contribution is -2.27.